The van der Waals surface area contributed by atoms with Gasteiger partial charge in [0.1, 0.15) is 11.5 Å². The number of aromatic hydroxyl groups is 1. The van der Waals surface area contributed by atoms with E-state index >= 15 is 0 Å². The predicted molar refractivity (Wildman–Crippen MR) is 103 cm³/mol. The number of nitrogens with zero attached hydrogens (tertiary/aromatic N) is 2. The third kappa shape index (κ3) is 4.34. The number of anilines is 1. The van der Waals surface area contributed by atoms with E-state index in [1.807, 2.05) is 12.1 Å². The maximum atomic E-state index is 12.6. The van der Waals surface area contributed by atoms with Gasteiger partial charge in [0, 0.05) is 36.9 Å². The second-order valence-corrected chi connectivity index (χ2v) is 7.01. The first-order valence-electron chi connectivity index (χ1n) is 8.38. The molecule has 1 unspecified atom stereocenters. The number of phenols is 1. The van der Waals surface area contributed by atoms with Crippen molar-refractivity contribution in [2.24, 2.45) is 0 Å². The van der Waals surface area contributed by atoms with E-state index in [0.29, 0.717) is 28.9 Å². The molecule has 1 N–H and O–H groups in total. The Hall–Kier alpha value is -2.11. The molecule has 0 aromatic heterocycles. The molecule has 1 heterocycles. The first-order chi connectivity index (χ1) is 12.4. The van der Waals surface area contributed by atoms with Gasteiger partial charge in [-0.05, 0) is 49.4 Å². The summed E-state index contributed by atoms with van der Waals surface area (Å²) in [7, 11) is 0. The Kier molecular flexibility index (Phi) is 5.79. The molecule has 0 spiro atoms. The average Bonchev–Trinajstić information content (AvgIpc) is 2.64. The number of rotatable bonds is 4. The van der Waals surface area contributed by atoms with Gasteiger partial charge in [0.25, 0.3) is 5.91 Å². The number of benzene rings is 2. The largest absolute Gasteiger partial charge is 0.508 e. The van der Waals surface area contributed by atoms with Crippen LogP contribution < -0.4 is 9.64 Å². The zero-order chi connectivity index (χ0) is 18.7. The smallest absolute Gasteiger partial charge is 0.263 e. The Morgan fingerprint density at radius 2 is 1.73 bits per heavy atom. The van der Waals surface area contributed by atoms with E-state index in [2.05, 4.69) is 4.90 Å². The summed E-state index contributed by atoms with van der Waals surface area (Å²) in [5, 5.41) is 10.3. The summed E-state index contributed by atoms with van der Waals surface area (Å²) in [6.07, 6.45) is -0.631. The second kappa shape index (κ2) is 8.06. The van der Waals surface area contributed by atoms with Crippen LogP contribution in [0, 0.1) is 0 Å². The lowest BCUT2D eigenvalue weighted by Crippen LogP contribution is -2.52. The van der Waals surface area contributed by atoms with Crippen molar-refractivity contribution in [1.29, 1.82) is 0 Å². The molecule has 138 valence electrons. The third-order valence-corrected chi connectivity index (χ3v) is 4.88. The summed E-state index contributed by atoms with van der Waals surface area (Å²) in [5.41, 5.74) is 1.03. The number of hydrogen-bond acceptors (Lipinski definition) is 4. The number of amides is 1. The lowest BCUT2D eigenvalue weighted by atomic mass is 10.2. The molecule has 0 bridgehead atoms. The highest BCUT2D eigenvalue weighted by atomic mass is 35.5. The molecule has 1 aliphatic rings. The number of carbonyl (C=O) groups is 1. The van der Waals surface area contributed by atoms with Gasteiger partial charge in [-0.1, -0.05) is 23.2 Å². The SMILES string of the molecule is CC(Oc1ccc(Cl)cc1Cl)C(=O)N1CCN(c2ccc(O)cc2)CC1. The van der Waals surface area contributed by atoms with Gasteiger partial charge in [0.05, 0.1) is 5.02 Å². The zero-order valence-corrected chi connectivity index (χ0v) is 15.9. The topological polar surface area (TPSA) is 53.0 Å². The highest BCUT2D eigenvalue weighted by molar-refractivity contribution is 6.35. The van der Waals surface area contributed by atoms with Crippen molar-refractivity contribution in [3.05, 3.63) is 52.5 Å². The average molecular weight is 395 g/mol. The highest BCUT2D eigenvalue weighted by Gasteiger charge is 2.26. The Balaban J connectivity index is 1.56. The van der Waals surface area contributed by atoms with E-state index < -0.39 is 6.10 Å². The Morgan fingerprint density at radius 1 is 1.08 bits per heavy atom. The maximum absolute atomic E-state index is 12.6. The summed E-state index contributed by atoms with van der Waals surface area (Å²) in [5.74, 6) is 0.621. The third-order valence-electron chi connectivity index (χ3n) is 4.35. The molecule has 2 aromatic carbocycles. The van der Waals surface area contributed by atoms with Gasteiger partial charge in [-0.3, -0.25) is 4.79 Å². The van der Waals surface area contributed by atoms with Gasteiger partial charge >= 0.3 is 0 Å². The van der Waals surface area contributed by atoms with E-state index in [1.165, 1.54) is 0 Å². The number of carbonyl (C=O) groups excluding carboxylic acids is 1. The summed E-state index contributed by atoms with van der Waals surface area (Å²) >= 11 is 12.0. The minimum atomic E-state index is -0.631. The molecule has 0 aliphatic carbocycles. The number of phenolic OH excluding ortho intramolecular Hbond substituents is 1. The predicted octanol–water partition coefficient (Wildman–Crippen LogP) is 3.82. The first-order valence-corrected chi connectivity index (χ1v) is 9.14. The van der Waals surface area contributed by atoms with Crippen molar-refractivity contribution in [2.45, 2.75) is 13.0 Å². The Morgan fingerprint density at radius 3 is 2.35 bits per heavy atom. The molecular formula is C19H20Cl2N2O3. The van der Waals surface area contributed by atoms with Crippen molar-refractivity contribution in [3.8, 4) is 11.5 Å². The van der Waals surface area contributed by atoms with E-state index in [-0.39, 0.29) is 11.7 Å². The summed E-state index contributed by atoms with van der Waals surface area (Å²) in [4.78, 5) is 16.6. The highest BCUT2D eigenvalue weighted by Crippen LogP contribution is 2.28. The van der Waals surface area contributed by atoms with Crippen molar-refractivity contribution < 1.29 is 14.6 Å². The summed E-state index contributed by atoms with van der Waals surface area (Å²) in [6.45, 7) is 4.40. The lowest BCUT2D eigenvalue weighted by molar-refractivity contribution is -0.138. The van der Waals surface area contributed by atoms with Gasteiger partial charge in [0.2, 0.25) is 0 Å². The fraction of sp³-hybridized carbons (Fsp3) is 0.316. The van der Waals surface area contributed by atoms with E-state index in [9.17, 15) is 9.90 Å². The van der Waals surface area contributed by atoms with Crippen molar-refractivity contribution >= 4 is 34.8 Å². The van der Waals surface area contributed by atoms with Crippen LogP contribution in [-0.4, -0.2) is 48.2 Å². The standard InChI is InChI=1S/C19H20Cl2N2O3/c1-13(26-18-7-2-14(20)12-17(18)21)19(25)23-10-8-22(9-11-23)15-3-5-16(24)6-4-15/h2-7,12-13,24H,8-11H2,1H3. The number of piperazine rings is 1. The van der Waals surface area contributed by atoms with Gasteiger partial charge in [-0.2, -0.15) is 0 Å². The molecule has 2 aromatic rings. The quantitative estimate of drug-likeness (QED) is 0.856. The van der Waals surface area contributed by atoms with Gasteiger partial charge in [-0.15, -0.1) is 0 Å². The maximum Gasteiger partial charge on any atom is 0.263 e. The van der Waals surface area contributed by atoms with E-state index in [0.717, 1.165) is 18.8 Å². The van der Waals surface area contributed by atoms with Crippen molar-refractivity contribution in [1.82, 2.24) is 4.90 Å². The van der Waals surface area contributed by atoms with Crippen molar-refractivity contribution in [2.75, 3.05) is 31.1 Å². The van der Waals surface area contributed by atoms with Crippen LogP contribution in [0.1, 0.15) is 6.92 Å². The molecule has 7 heteroatoms. The minimum Gasteiger partial charge on any atom is -0.508 e. The van der Waals surface area contributed by atoms with Crippen LogP contribution in [0.3, 0.4) is 0 Å². The first kappa shape index (κ1) is 18.7. The van der Waals surface area contributed by atoms with Crippen LogP contribution >= 0.6 is 23.2 Å². The Labute approximate surface area is 162 Å². The summed E-state index contributed by atoms with van der Waals surface area (Å²) < 4.78 is 5.72. The van der Waals surface area contributed by atoms with Crippen LogP contribution in [0.4, 0.5) is 5.69 Å². The van der Waals surface area contributed by atoms with Crippen LogP contribution in [0.2, 0.25) is 10.0 Å². The molecule has 1 saturated heterocycles. The zero-order valence-electron chi connectivity index (χ0n) is 14.4. The normalized spacial score (nSPS) is 15.7. The van der Waals surface area contributed by atoms with Crippen LogP contribution in [0.5, 0.6) is 11.5 Å². The number of halogens is 2. The molecule has 0 saturated carbocycles. The lowest BCUT2D eigenvalue weighted by Gasteiger charge is -2.37. The monoisotopic (exact) mass is 394 g/mol. The molecule has 0 radical (unpaired) electrons. The van der Waals surface area contributed by atoms with Gasteiger partial charge in [-0.25, -0.2) is 0 Å². The van der Waals surface area contributed by atoms with E-state index in [1.54, 1.807) is 42.2 Å². The van der Waals surface area contributed by atoms with Gasteiger partial charge < -0.3 is 19.6 Å². The second-order valence-electron chi connectivity index (χ2n) is 6.16. The summed E-state index contributed by atoms with van der Waals surface area (Å²) in [6, 6.07) is 12.0. The van der Waals surface area contributed by atoms with Crippen molar-refractivity contribution in [3.63, 3.8) is 0 Å². The fourth-order valence-electron chi connectivity index (χ4n) is 2.92. The Bertz CT molecular complexity index is 775. The number of hydrogen-bond donors (Lipinski definition) is 1. The molecule has 1 fully saturated rings. The minimum absolute atomic E-state index is 0.0682. The molecule has 1 aliphatic heterocycles. The van der Waals surface area contributed by atoms with Crippen LogP contribution in [0.15, 0.2) is 42.5 Å². The molecule has 3 rings (SSSR count). The molecule has 5 nitrogen and oxygen atoms in total. The molecule has 26 heavy (non-hydrogen) atoms. The molecule has 1 atom stereocenters. The van der Waals surface area contributed by atoms with Crippen LogP contribution in [0.25, 0.3) is 0 Å². The van der Waals surface area contributed by atoms with Gasteiger partial charge in [0.15, 0.2) is 6.10 Å². The molecule has 1 amide bonds. The fourth-order valence-corrected chi connectivity index (χ4v) is 3.37. The molecular weight excluding hydrogens is 375 g/mol. The van der Waals surface area contributed by atoms with Crippen LogP contribution in [-0.2, 0) is 4.79 Å². The van der Waals surface area contributed by atoms with E-state index in [4.69, 9.17) is 27.9 Å². The number of ether oxygens (including phenoxy) is 1.